The van der Waals surface area contributed by atoms with Gasteiger partial charge in [0.1, 0.15) is 23.2 Å². The highest BCUT2D eigenvalue weighted by atomic mass is 19.1. The van der Waals surface area contributed by atoms with Crippen LogP contribution in [-0.2, 0) is 9.59 Å². The van der Waals surface area contributed by atoms with Crippen molar-refractivity contribution in [3.8, 4) is 5.75 Å². The minimum atomic E-state index is -0.832. The molecule has 1 N–H and O–H groups in total. The molecule has 2 atom stereocenters. The van der Waals surface area contributed by atoms with Gasteiger partial charge in [-0.3, -0.25) is 14.4 Å². The highest BCUT2D eigenvalue weighted by molar-refractivity contribution is 6.04. The zero-order valence-corrected chi connectivity index (χ0v) is 23.4. The summed E-state index contributed by atoms with van der Waals surface area (Å²) in [6.45, 7) is 2.22. The van der Waals surface area contributed by atoms with Crippen LogP contribution in [0.25, 0.3) is 0 Å². The van der Waals surface area contributed by atoms with Crippen LogP contribution in [0.15, 0.2) is 54.6 Å². The predicted octanol–water partition coefficient (Wildman–Crippen LogP) is 8.59. The molecule has 0 saturated heterocycles. The van der Waals surface area contributed by atoms with Crippen molar-refractivity contribution in [3.05, 3.63) is 71.8 Å². The first-order valence-corrected chi connectivity index (χ1v) is 14.6. The zero-order valence-electron chi connectivity index (χ0n) is 23.4. The van der Waals surface area contributed by atoms with Gasteiger partial charge in [0.05, 0.1) is 0 Å². The fraction of sp³-hybridized carbons (Fsp3) is 0.485. The van der Waals surface area contributed by atoms with Crippen LogP contribution in [0.3, 0.4) is 0 Å². The molecule has 1 aliphatic rings. The van der Waals surface area contributed by atoms with Crippen molar-refractivity contribution < 1.29 is 27.9 Å². The first-order valence-electron chi connectivity index (χ1n) is 14.6. The molecule has 0 spiro atoms. The highest BCUT2D eigenvalue weighted by Gasteiger charge is 2.32. The molecule has 1 saturated carbocycles. The number of ketones is 1. The highest BCUT2D eigenvalue weighted by Crippen LogP contribution is 2.34. The molecule has 0 radical (unpaired) electrons. The lowest BCUT2D eigenvalue weighted by Gasteiger charge is -2.14. The topological polar surface area (TPSA) is 72.5 Å². The second-order valence-corrected chi connectivity index (χ2v) is 10.6. The van der Waals surface area contributed by atoms with Gasteiger partial charge in [-0.25, -0.2) is 8.78 Å². The van der Waals surface area contributed by atoms with Crippen LogP contribution in [0.5, 0.6) is 5.75 Å². The fourth-order valence-electron chi connectivity index (χ4n) is 5.16. The molecule has 40 heavy (non-hydrogen) atoms. The van der Waals surface area contributed by atoms with E-state index in [0.717, 1.165) is 57.1 Å². The van der Waals surface area contributed by atoms with Gasteiger partial charge in [0, 0.05) is 36.1 Å². The lowest BCUT2D eigenvalue weighted by atomic mass is 9.89. The van der Waals surface area contributed by atoms with Crippen LogP contribution in [-0.4, -0.2) is 17.7 Å². The Bertz CT molecular complexity index is 1130. The Morgan fingerprint density at radius 1 is 0.950 bits per heavy atom. The number of allylic oxidation sites excluding steroid dienone is 2. The van der Waals surface area contributed by atoms with Crippen LogP contribution in [0, 0.1) is 23.5 Å². The molecule has 216 valence electrons. The largest absolute Gasteiger partial charge is 0.427 e. The van der Waals surface area contributed by atoms with Gasteiger partial charge in [-0.05, 0) is 74.4 Å². The van der Waals surface area contributed by atoms with Crippen molar-refractivity contribution >= 4 is 23.3 Å². The molecule has 1 fully saturated rings. The minimum Gasteiger partial charge on any atom is -0.427 e. The summed E-state index contributed by atoms with van der Waals surface area (Å²) in [5, 5.41) is 2.55. The molecule has 1 aliphatic carbocycles. The first kappa shape index (κ1) is 31.2. The Labute approximate surface area is 236 Å². The number of unbranched alkanes of at least 4 members (excludes halogenated alkanes) is 7. The molecule has 0 unspecified atom stereocenters. The number of ether oxygens (including phenoxy) is 1. The van der Waals surface area contributed by atoms with Crippen molar-refractivity contribution in [1.29, 1.82) is 0 Å². The van der Waals surface area contributed by atoms with E-state index in [1.54, 1.807) is 24.3 Å². The Kier molecular flexibility index (Phi) is 13.0. The van der Waals surface area contributed by atoms with Crippen LogP contribution < -0.4 is 10.1 Å². The van der Waals surface area contributed by atoms with Gasteiger partial charge in [-0.1, -0.05) is 57.6 Å². The Balaban J connectivity index is 1.30. The van der Waals surface area contributed by atoms with E-state index in [4.69, 9.17) is 4.74 Å². The number of Topliss-reactive ketones (excluding diaryl/α,β-unsaturated/α-hetero) is 1. The van der Waals surface area contributed by atoms with E-state index in [9.17, 15) is 23.2 Å². The van der Waals surface area contributed by atoms with Crippen LogP contribution >= 0.6 is 0 Å². The summed E-state index contributed by atoms with van der Waals surface area (Å²) in [4.78, 5) is 36.8. The standard InChI is InChI=1S/C33H41F2NO4/c1-2-3-4-5-6-9-12-24-15-20-31(37)30(24)13-10-7-8-11-14-32(38)40-29-18-16-28(17-19-29)36-33(39)25-21-26(34)23-27(35)22-25/h9,12,16-19,21-24,30H,2-8,10-11,13-15,20H2,1H3,(H,36,39)/b12-9+/t24-,30+/m0/s1. The number of rotatable bonds is 16. The van der Waals surface area contributed by atoms with Gasteiger partial charge >= 0.3 is 5.97 Å². The summed E-state index contributed by atoms with van der Waals surface area (Å²) in [6, 6.07) is 8.80. The summed E-state index contributed by atoms with van der Waals surface area (Å²) in [6.07, 6.45) is 17.2. The summed E-state index contributed by atoms with van der Waals surface area (Å²) >= 11 is 0. The van der Waals surface area contributed by atoms with Crippen LogP contribution in [0.4, 0.5) is 14.5 Å². The fourth-order valence-corrected chi connectivity index (χ4v) is 5.16. The molecule has 0 aromatic heterocycles. The maximum atomic E-state index is 13.3. The third-order valence-electron chi connectivity index (χ3n) is 7.38. The molecule has 0 heterocycles. The van der Waals surface area contributed by atoms with E-state index in [-0.39, 0.29) is 17.5 Å². The van der Waals surface area contributed by atoms with Crippen molar-refractivity contribution in [1.82, 2.24) is 0 Å². The Hall–Kier alpha value is -3.35. The second kappa shape index (κ2) is 16.7. The number of nitrogens with one attached hydrogen (secondary N) is 1. The number of carbonyl (C=O) groups is 3. The lowest BCUT2D eigenvalue weighted by Crippen LogP contribution is -2.13. The second-order valence-electron chi connectivity index (χ2n) is 10.6. The number of esters is 1. The number of halogens is 2. The normalized spacial score (nSPS) is 16.9. The maximum absolute atomic E-state index is 13.3. The monoisotopic (exact) mass is 553 g/mol. The number of anilines is 1. The molecular weight excluding hydrogens is 512 g/mol. The van der Waals surface area contributed by atoms with Gasteiger partial charge in [-0.15, -0.1) is 0 Å². The maximum Gasteiger partial charge on any atom is 0.311 e. The van der Waals surface area contributed by atoms with E-state index < -0.39 is 17.5 Å². The molecule has 0 bridgehead atoms. The molecular formula is C33H41F2NO4. The average Bonchev–Trinajstić information content (AvgIpc) is 3.27. The first-order chi connectivity index (χ1) is 19.4. The molecule has 5 nitrogen and oxygen atoms in total. The Morgan fingerprint density at radius 3 is 2.38 bits per heavy atom. The van der Waals surface area contributed by atoms with E-state index >= 15 is 0 Å². The van der Waals surface area contributed by atoms with Gasteiger partial charge in [0.25, 0.3) is 5.91 Å². The van der Waals surface area contributed by atoms with Gasteiger partial charge in [0.15, 0.2) is 0 Å². The molecule has 2 aromatic carbocycles. The van der Waals surface area contributed by atoms with E-state index in [1.807, 2.05) is 0 Å². The molecule has 2 aromatic rings. The zero-order chi connectivity index (χ0) is 28.7. The van der Waals surface area contributed by atoms with Crippen LogP contribution in [0.1, 0.15) is 101 Å². The van der Waals surface area contributed by atoms with E-state index in [1.165, 1.54) is 25.7 Å². The van der Waals surface area contributed by atoms with Crippen molar-refractivity contribution in [2.45, 2.75) is 90.4 Å². The SMILES string of the molecule is CCCCCC/C=C/[C@H]1CCC(=O)[C@@H]1CCCCCCC(=O)Oc1ccc(NC(=O)c2cc(F)cc(F)c2)cc1. The number of hydrogen-bond acceptors (Lipinski definition) is 4. The third kappa shape index (κ3) is 10.7. The summed E-state index contributed by atoms with van der Waals surface area (Å²) in [5.74, 6) is -1.35. The predicted molar refractivity (Wildman–Crippen MR) is 153 cm³/mol. The smallest absolute Gasteiger partial charge is 0.311 e. The third-order valence-corrected chi connectivity index (χ3v) is 7.38. The van der Waals surface area contributed by atoms with Gasteiger partial charge < -0.3 is 10.1 Å². The number of amides is 1. The van der Waals surface area contributed by atoms with Crippen molar-refractivity contribution in [2.24, 2.45) is 11.8 Å². The Morgan fingerprint density at radius 2 is 1.65 bits per heavy atom. The summed E-state index contributed by atoms with van der Waals surface area (Å²) in [7, 11) is 0. The molecule has 0 aliphatic heterocycles. The number of carbonyl (C=O) groups excluding carboxylic acids is 3. The molecule has 3 rings (SSSR count). The molecule has 1 amide bonds. The minimum absolute atomic E-state index is 0.132. The molecule has 7 heteroatoms. The average molecular weight is 554 g/mol. The van der Waals surface area contributed by atoms with Crippen LogP contribution in [0.2, 0.25) is 0 Å². The number of benzene rings is 2. The summed E-state index contributed by atoms with van der Waals surface area (Å²) in [5.41, 5.74) is 0.271. The van der Waals surface area contributed by atoms with E-state index in [0.29, 0.717) is 42.0 Å². The number of hydrogen-bond donors (Lipinski definition) is 1. The van der Waals surface area contributed by atoms with Gasteiger partial charge in [-0.2, -0.15) is 0 Å². The van der Waals surface area contributed by atoms with Crippen molar-refractivity contribution in [3.63, 3.8) is 0 Å². The summed E-state index contributed by atoms with van der Waals surface area (Å²) < 4.78 is 32.0. The van der Waals surface area contributed by atoms with E-state index in [2.05, 4.69) is 24.4 Å². The quantitative estimate of drug-likeness (QED) is 0.0978. The van der Waals surface area contributed by atoms with Gasteiger partial charge in [0.2, 0.25) is 0 Å². The van der Waals surface area contributed by atoms with Crippen molar-refractivity contribution in [2.75, 3.05) is 5.32 Å². The lowest BCUT2D eigenvalue weighted by molar-refractivity contribution is -0.134.